The summed E-state index contributed by atoms with van der Waals surface area (Å²) in [6.45, 7) is 9.35. The second-order valence-corrected chi connectivity index (χ2v) is 5.41. The summed E-state index contributed by atoms with van der Waals surface area (Å²) in [7, 11) is 0. The van der Waals surface area contributed by atoms with E-state index >= 15 is 0 Å². The highest BCUT2D eigenvalue weighted by Crippen LogP contribution is 2.24. The molecule has 0 aliphatic carbocycles. The Hall–Kier alpha value is -1.65. The van der Waals surface area contributed by atoms with Crippen LogP contribution in [0.4, 0.5) is 0 Å². The molecule has 2 aromatic rings. The van der Waals surface area contributed by atoms with Crippen LogP contribution in [0.25, 0.3) is 0 Å². The van der Waals surface area contributed by atoms with Crippen molar-refractivity contribution in [2.24, 2.45) is 5.73 Å². The lowest BCUT2D eigenvalue weighted by Gasteiger charge is -2.31. The average molecular weight is 286 g/mol. The zero-order valence-corrected chi connectivity index (χ0v) is 13.2. The van der Waals surface area contributed by atoms with Crippen LogP contribution in [0.1, 0.15) is 44.1 Å². The molecular weight excluding hydrogens is 260 g/mol. The fourth-order valence-corrected chi connectivity index (χ4v) is 2.82. The molecule has 0 saturated carbocycles. The Morgan fingerprint density at radius 3 is 2.43 bits per heavy atom. The minimum Gasteiger partial charge on any atom is -0.331 e. The third-order valence-electron chi connectivity index (χ3n) is 4.02. The second-order valence-electron chi connectivity index (χ2n) is 5.41. The first-order valence-corrected chi connectivity index (χ1v) is 7.71. The molecule has 0 spiro atoms. The van der Waals surface area contributed by atoms with Gasteiger partial charge in [0.1, 0.15) is 0 Å². The van der Waals surface area contributed by atoms with Crippen LogP contribution in [-0.2, 0) is 6.54 Å². The standard InChI is InChI=1S/C17H26N4/c1-4-20(5-2)17(15-9-7-6-8-10-15)12-21-13-19-11-16(21)14(3)18/h6-11,13-14,17H,4-5,12,18H2,1-3H3. The molecule has 1 heterocycles. The summed E-state index contributed by atoms with van der Waals surface area (Å²) in [6.07, 6.45) is 3.76. The number of hydrogen-bond acceptors (Lipinski definition) is 3. The van der Waals surface area contributed by atoms with Gasteiger partial charge >= 0.3 is 0 Å². The molecule has 1 aromatic heterocycles. The largest absolute Gasteiger partial charge is 0.331 e. The Morgan fingerprint density at radius 1 is 1.19 bits per heavy atom. The van der Waals surface area contributed by atoms with E-state index in [0.29, 0.717) is 6.04 Å². The highest BCUT2D eigenvalue weighted by Gasteiger charge is 2.20. The summed E-state index contributed by atoms with van der Waals surface area (Å²) >= 11 is 0. The summed E-state index contributed by atoms with van der Waals surface area (Å²) in [6, 6.07) is 11.0. The molecule has 2 unspecified atom stereocenters. The minimum atomic E-state index is 0.000580. The van der Waals surface area contributed by atoms with Crippen LogP contribution in [0.3, 0.4) is 0 Å². The van der Waals surface area contributed by atoms with Gasteiger partial charge in [0.2, 0.25) is 0 Å². The molecule has 0 amide bonds. The molecule has 0 radical (unpaired) electrons. The van der Waals surface area contributed by atoms with Crippen LogP contribution >= 0.6 is 0 Å². The zero-order chi connectivity index (χ0) is 15.2. The van der Waals surface area contributed by atoms with E-state index in [4.69, 9.17) is 5.73 Å². The summed E-state index contributed by atoms with van der Waals surface area (Å²) in [5, 5.41) is 0. The van der Waals surface area contributed by atoms with Crippen molar-refractivity contribution in [3.05, 3.63) is 54.1 Å². The maximum Gasteiger partial charge on any atom is 0.0949 e. The van der Waals surface area contributed by atoms with E-state index in [-0.39, 0.29) is 6.04 Å². The van der Waals surface area contributed by atoms with Gasteiger partial charge in [-0.3, -0.25) is 4.90 Å². The number of benzene rings is 1. The van der Waals surface area contributed by atoms with Crippen LogP contribution in [0.15, 0.2) is 42.9 Å². The van der Waals surface area contributed by atoms with Crippen LogP contribution in [-0.4, -0.2) is 27.5 Å². The lowest BCUT2D eigenvalue weighted by Crippen LogP contribution is -2.32. The molecule has 2 atom stereocenters. The molecular formula is C17H26N4. The average Bonchev–Trinajstić information content (AvgIpc) is 2.97. The van der Waals surface area contributed by atoms with Crippen LogP contribution in [0.5, 0.6) is 0 Å². The number of rotatable bonds is 7. The van der Waals surface area contributed by atoms with Gasteiger partial charge in [-0.05, 0) is 25.6 Å². The highest BCUT2D eigenvalue weighted by atomic mass is 15.2. The van der Waals surface area contributed by atoms with E-state index in [1.165, 1.54) is 5.56 Å². The van der Waals surface area contributed by atoms with E-state index in [9.17, 15) is 0 Å². The van der Waals surface area contributed by atoms with E-state index in [1.807, 2.05) is 19.4 Å². The van der Waals surface area contributed by atoms with Crippen LogP contribution in [0, 0.1) is 0 Å². The fourth-order valence-electron chi connectivity index (χ4n) is 2.82. The van der Waals surface area contributed by atoms with Gasteiger partial charge in [0.25, 0.3) is 0 Å². The van der Waals surface area contributed by atoms with E-state index in [1.54, 1.807) is 0 Å². The van der Waals surface area contributed by atoms with Crippen molar-refractivity contribution in [1.82, 2.24) is 14.5 Å². The summed E-state index contributed by atoms with van der Waals surface area (Å²) in [5.74, 6) is 0. The quantitative estimate of drug-likeness (QED) is 0.851. The maximum absolute atomic E-state index is 6.04. The van der Waals surface area contributed by atoms with Crippen molar-refractivity contribution in [2.45, 2.75) is 39.4 Å². The Kier molecular flexibility index (Phi) is 5.53. The molecule has 4 nitrogen and oxygen atoms in total. The van der Waals surface area contributed by atoms with Gasteiger partial charge in [0, 0.05) is 18.8 Å². The van der Waals surface area contributed by atoms with Crippen molar-refractivity contribution in [3.63, 3.8) is 0 Å². The van der Waals surface area contributed by atoms with Crippen molar-refractivity contribution in [2.75, 3.05) is 13.1 Å². The van der Waals surface area contributed by atoms with Crippen LogP contribution in [0.2, 0.25) is 0 Å². The van der Waals surface area contributed by atoms with Gasteiger partial charge in [-0.15, -0.1) is 0 Å². The maximum atomic E-state index is 6.04. The molecule has 0 bridgehead atoms. The first-order valence-electron chi connectivity index (χ1n) is 7.71. The van der Waals surface area contributed by atoms with E-state index in [2.05, 4.69) is 58.6 Å². The normalized spacial score (nSPS) is 14.3. The Balaban J connectivity index is 2.30. The molecule has 114 valence electrons. The first-order chi connectivity index (χ1) is 10.2. The summed E-state index contributed by atoms with van der Waals surface area (Å²) in [5.41, 5.74) is 8.46. The smallest absolute Gasteiger partial charge is 0.0949 e. The number of nitrogens with two attached hydrogens (primary N) is 1. The van der Waals surface area contributed by atoms with Crippen molar-refractivity contribution < 1.29 is 0 Å². The van der Waals surface area contributed by atoms with Gasteiger partial charge in [-0.25, -0.2) is 4.98 Å². The van der Waals surface area contributed by atoms with Gasteiger partial charge in [-0.1, -0.05) is 44.2 Å². The Labute approximate surface area is 127 Å². The molecule has 1 aromatic carbocycles. The number of imidazole rings is 1. The van der Waals surface area contributed by atoms with E-state index in [0.717, 1.165) is 25.3 Å². The number of likely N-dealkylation sites (N-methyl/N-ethyl adjacent to an activating group) is 1. The number of aromatic nitrogens is 2. The van der Waals surface area contributed by atoms with Crippen molar-refractivity contribution >= 4 is 0 Å². The Bertz CT molecular complexity index is 529. The molecule has 2 rings (SSSR count). The lowest BCUT2D eigenvalue weighted by atomic mass is 10.0. The second kappa shape index (κ2) is 7.38. The SMILES string of the molecule is CCN(CC)C(Cn1cncc1C(C)N)c1ccccc1. The van der Waals surface area contributed by atoms with E-state index < -0.39 is 0 Å². The third kappa shape index (κ3) is 3.71. The molecule has 21 heavy (non-hydrogen) atoms. The predicted molar refractivity (Wildman–Crippen MR) is 86.9 cm³/mol. The van der Waals surface area contributed by atoms with Gasteiger partial charge < -0.3 is 10.3 Å². The van der Waals surface area contributed by atoms with Gasteiger partial charge in [-0.2, -0.15) is 0 Å². The molecule has 4 heteroatoms. The number of hydrogen-bond donors (Lipinski definition) is 1. The molecule has 0 aliphatic heterocycles. The topological polar surface area (TPSA) is 47.1 Å². The predicted octanol–water partition coefficient (Wildman–Crippen LogP) is 2.99. The van der Waals surface area contributed by atoms with Gasteiger partial charge in [0.05, 0.1) is 18.1 Å². The fraction of sp³-hybridized carbons (Fsp3) is 0.471. The molecule has 0 saturated heterocycles. The van der Waals surface area contributed by atoms with Crippen LogP contribution < -0.4 is 5.73 Å². The minimum absolute atomic E-state index is 0.000580. The first kappa shape index (κ1) is 15.7. The van der Waals surface area contributed by atoms with Gasteiger partial charge in [0.15, 0.2) is 0 Å². The Morgan fingerprint density at radius 2 is 1.86 bits per heavy atom. The molecule has 2 N–H and O–H groups in total. The zero-order valence-electron chi connectivity index (χ0n) is 13.2. The van der Waals surface area contributed by atoms with Crippen molar-refractivity contribution in [1.29, 1.82) is 0 Å². The number of nitrogens with zero attached hydrogens (tertiary/aromatic N) is 3. The highest BCUT2D eigenvalue weighted by molar-refractivity contribution is 5.19. The monoisotopic (exact) mass is 286 g/mol. The van der Waals surface area contributed by atoms with Crippen molar-refractivity contribution in [3.8, 4) is 0 Å². The molecule has 0 fully saturated rings. The third-order valence-corrected chi connectivity index (χ3v) is 4.02. The molecule has 0 aliphatic rings. The summed E-state index contributed by atoms with van der Waals surface area (Å²) < 4.78 is 2.18. The summed E-state index contributed by atoms with van der Waals surface area (Å²) in [4.78, 5) is 6.74. The lowest BCUT2D eigenvalue weighted by molar-refractivity contribution is 0.196.